The lowest BCUT2D eigenvalue weighted by atomic mass is 10.2. The second-order valence-electron chi connectivity index (χ2n) is 5.12. The Morgan fingerprint density at radius 1 is 1.40 bits per heavy atom. The third kappa shape index (κ3) is 2.65. The van der Waals surface area contributed by atoms with Crippen LogP contribution < -0.4 is 15.6 Å². The number of methoxy groups -OCH3 is 1. The summed E-state index contributed by atoms with van der Waals surface area (Å²) >= 11 is 7.34. The number of thiazole rings is 1. The molecule has 0 spiro atoms. The zero-order chi connectivity index (χ0) is 17.6. The summed E-state index contributed by atoms with van der Waals surface area (Å²) in [6.07, 6.45) is 2.92. The first kappa shape index (κ1) is 15.7. The van der Waals surface area contributed by atoms with Crippen molar-refractivity contribution in [2.75, 3.05) is 12.4 Å². The molecule has 7 nitrogen and oxygen atoms in total. The SMILES string of the molecule is COc1cc(Cl)cc2cc(C(=O)Nc3cnc4sccn4c3=O)oc12. The van der Waals surface area contributed by atoms with E-state index in [1.165, 1.54) is 35.1 Å². The number of carbonyl (C=O) groups excluding carboxylic acids is 1. The maximum Gasteiger partial charge on any atom is 0.291 e. The van der Waals surface area contributed by atoms with Crippen LogP contribution in [0.2, 0.25) is 5.02 Å². The molecule has 1 amide bonds. The topological polar surface area (TPSA) is 85.8 Å². The smallest absolute Gasteiger partial charge is 0.291 e. The number of anilines is 1. The molecule has 0 aliphatic heterocycles. The number of carbonyl (C=O) groups is 1. The summed E-state index contributed by atoms with van der Waals surface area (Å²) in [7, 11) is 1.48. The van der Waals surface area contributed by atoms with Gasteiger partial charge in [0.1, 0.15) is 5.69 Å². The monoisotopic (exact) mass is 375 g/mol. The fraction of sp³-hybridized carbons (Fsp3) is 0.0625. The largest absolute Gasteiger partial charge is 0.493 e. The van der Waals surface area contributed by atoms with Crippen molar-refractivity contribution in [3.05, 3.63) is 57.1 Å². The van der Waals surface area contributed by atoms with Crippen LogP contribution in [0.15, 0.2) is 45.2 Å². The summed E-state index contributed by atoms with van der Waals surface area (Å²) in [5.41, 5.74) is 0.0999. The maximum atomic E-state index is 12.4. The number of nitrogens with one attached hydrogen (secondary N) is 1. The number of rotatable bonds is 3. The molecule has 4 aromatic rings. The molecule has 0 bridgehead atoms. The average Bonchev–Trinajstić information content (AvgIpc) is 3.23. The maximum absolute atomic E-state index is 12.4. The molecule has 0 saturated heterocycles. The van der Waals surface area contributed by atoms with Crippen molar-refractivity contribution in [3.63, 3.8) is 0 Å². The van der Waals surface area contributed by atoms with Crippen LogP contribution in [0.1, 0.15) is 10.6 Å². The van der Waals surface area contributed by atoms with Gasteiger partial charge in [-0.1, -0.05) is 11.6 Å². The van der Waals surface area contributed by atoms with E-state index in [0.29, 0.717) is 26.7 Å². The molecule has 3 aromatic heterocycles. The molecule has 1 N–H and O–H groups in total. The van der Waals surface area contributed by atoms with Gasteiger partial charge in [0.25, 0.3) is 11.5 Å². The van der Waals surface area contributed by atoms with Gasteiger partial charge in [-0.2, -0.15) is 0 Å². The Kier molecular flexibility index (Phi) is 3.70. The summed E-state index contributed by atoms with van der Waals surface area (Å²) in [5, 5.41) is 5.35. The molecule has 1 aromatic carbocycles. The van der Waals surface area contributed by atoms with E-state index in [0.717, 1.165) is 0 Å². The Labute approximate surface area is 149 Å². The van der Waals surface area contributed by atoms with Crippen LogP contribution in [0.25, 0.3) is 15.9 Å². The van der Waals surface area contributed by atoms with Crippen molar-refractivity contribution in [2.45, 2.75) is 0 Å². The molecule has 0 aliphatic carbocycles. The highest BCUT2D eigenvalue weighted by Crippen LogP contribution is 2.32. The first-order valence-electron chi connectivity index (χ1n) is 7.10. The number of nitrogens with zero attached hydrogens (tertiary/aromatic N) is 2. The highest BCUT2D eigenvalue weighted by Gasteiger charge is 2.17. The molecule has 0 aliphatic rings. The molecule has 9 heteroatoms. The van der Waals surface area contributed by atoms with E-state index >= 15 is 0 Å². The number of halogens is 1. The second kappa shape index (κ2) is 5.91. The zero-order valence-corrected chi connectivity index (χ0v) is 14.4. The lowest BCUT2D eigenvalue weighted by molar-refractivity contribution is 0.0998. The number of aromatic nitrogens is 2. The van der Waals surface area contributed by atoms with Crippen molar-refractivity contribution < 1.29 is 13.9 Å². The van der Waals surface area contributed by atoms with Crippen LogP contribution in [0.5, 0.6) is 5.75 Å². The number of amides is 1. The minimum atomic E-state index is -0.566. The molecule has 0 saturated carbocycles. The van der Waals surface area contributed by atoms with Gasteiger partial charge in [-0.15, -0.1) is 11.3 Å². The van der Waals surface area contributed by atoms with Crippen LogP contribution in [0.4, 0.5) is 5.69 Å². The average molecular weight is 376 g/mol. The van der Waals surface area contributed by atoms with Gasteiger partial charge in [0.2, 0.25) is 0 Å². The molecule has 4 rings (SSSR count). The third-order valence-corrected chi connectivity index (χ3v) is 4.57. The van der Waals surface area contributed by atoms with Gasteiger partial charge in [0, 0.05) is 28.1 Å². The van der Waals surface area contributed by atoms with E-state index in [1.54, 1.807) is 23.7 Å². The second-order valence-corrected chi connectivity index (χ2v) is 6.43. The first-order valence-corrected chi connectivity index (χ1v) is 8.36. The van der Waals surface area contributed by atoms with Gasteiger partial charge in [0.05, 0.1) is 13.3 Å². The molecule has 3 heterocycles. The van der Waals surface area contributed by atoms with Crippen molar-refractivity contribution in [1.82, 2.24) is 9.38 Å². The Balaban J connectivity index is 1.72. The third-order valence-electron chi connectivity index (χ3n) is 3.58. The van der Waals surface area contributed by atoms with E-state index in [4.69, 9.17) is 20.8 Å². The summed E-state index contributed by atoms with van der Waals surface area (Å²) < 4.78 is 12.1. The predicted molar refractivity (Wildman–Crippen MR) is 95.1 cm³/mol. The highest BCUT2D eigenvalue weighted by molar-refractivity contribution is 7.15. The van der Waals surface area contributed by atoms with E-state index in [1.807, 2.05) is 0 Å². The molecular formula is C16H10ClN3O4S. The van der Waals surface area contributed by atoms with Crippen molar-refractivity contribution in [1.29, 1.82) is 0 Å². The summed E-state index contributed by atoms with van der Waals surface area (Å²) in [6, 6.07) is 4.79. The fourth-order valence-corrected chi connectivity index (χ4v) is 3.34. The number of ether oxygens (including phenoxy) is 1. The lowest BCUT2D eigenvalue weighted by Gasteiger charge is -2.02. The molecule has 0 fully saturated rings. The number of furan rings is 1. The van der Waals surface area contributed by atoms with Crippen LogP contribution in [-0.4, -0.2) is 22.4 Å². The number of hydrogen-bond donors (Lipinski definition) is 1. The molecule has 0 unspecified atom stereocenters. The summed E-state index contributed by atoms with van der Waals surface area (Å²) in [6.45, 7) is 0. The quantitative estimate of drug-likeness (QED) is 0.593. The van der Waals surface area contributed by atoms with Crippen LogP contribution in [0, 0.1) is 0 Å². The van der Waals surface area contributed by atoms with E-state index in [-0.39, 0.29) is 17.0 Å². The lowest BCUT2D eigenvalue weighted by Crippen LogP contribution is -2.22. The van der Waals surface area contributed by atoms with Crippen LogP contribution >= 0.6 is 22.9 Å². The van der Waals surface area contributed by atoms with Gasteiger partial charge >= 0.3 is 0 Å². The van der Waals surface area contributed by atoms with Gasteiger partial charge in [0.15, 0.2) is 22.1 Å². The van der Waals surface area contributed by atoms with E-state index in [2.05, 4.69) is 10.3 Å². The summed E-state index contributed by atoms with van der Waals surface area (Å²) in [4.78, 5) is 29.4. The number of hydrogen-bond acceptors (Lipinski definition) is 6. The van der Waals surface area contributed by atoms with Gasteiger partial charge in [-0.25, -0.2) is 4.98 Å². The van der Waals surface area contributed by atoms with E-state index < -0.39 is 5.91 Å². The van der Waals surface area contributed by atoms with E-state index in [9.17, 15) is 9.59 Å². The Morgan fingerprint density at radius 2 is 2.24 bits per heavy atom. The van der Waals surface area contributed by atoms with Crippen LogP contribution in [-0.2, 0) is 0 Å². The minimum Gasteiger partial charge on any atom is -0.493 e. The molecular weight excluding hydrogens is 366 g/mol. The zero-order valence-electron chi connectivity index (χ0n) is 12.8. The Bertz CT molecular complexity index is 1180. The van der Waals surface area contributed by atoms with Crippen molar-refractivity contribution >= 4 is 50.5 Å². The number of fused-ring (bicyclic) bond motifs is 2. The summed E-state index contributed by atoms with van der Waals surface area (Å²) in [5.74, 6) is -0.114. The van der Waals surface area contributed by atoms with Crippen molar-refractivity contribution in [3.8, 4) is 5.75 Å². The molecule has 0 radical (unpaired) electrons. The van der Waals surface area contributed by atoms with Gasteiger partial charge < -0.3 is 14.5 Å². The van der Waals surface area contributed by atoms with Crippen molar-refractivity contribution in [2.24, 2.45) is 0 Å². The molecule has 126 valence electrons. The van der Waals surface area contributed by atoms with Gasteiger partial charge in [-0.05, 0) is 12.1 Å². The molecule has 0 atom stereocenters. The van der Waals surface area contributed by atoms with Gasteiger partial charge in [-0.3, -0.25) is 14.0 Å². The Morgan fingerprint density at radius 3 is 3.04 bits per heavy atom. The first-order chi connectivity index (χ1) is 12.1. The normalized spacial score (nSPS) is 11.1. The molecule has 25 heavy (non-hydrogen) atoms. The Hall–Kier alpha value is -2.84. The highest BCUT2D eigenvalue weighted by atomic mass is 35.5. The fourth-order valence-electron chi connectivity index (χ4n) is 2.44. The number of benzene rings is 1. The predicted octanol–water partition coefficient (Wildman–Crippen LogP) is 3.42. The standard InChI is InChI=1S/C16H10ClN3O4S/c1-23-11-6-9(17)4-8-5-12(24-13(8)11)14(21)19-10-7-18-16-20(15(10)22)2-3-25-16/h2-7H,1H3,(H,19,21). The van der Waals surface area contributed by atoms with Crippen LogP contribution in [0.3, 0.4) is 0 Å². The minimum absolute atomic E-state index is 0.0328.